The third-order valence-electron chi connectivity index (χ3n) is 3.10. The van der Waals surface area contributed by atoms with Crippen molar-refractivity contribution in [2.24, 2.45) is 4.99 Å². The molecule has 0 radical (unpaired) electrons. The molecule has 4 heteroatoms. The zero-order valence-corrected chi connectivity index (χ0v) is 14.3. The Morgan fingerprint density at radius 1 is 1.19 bits per heavy atom. The SMILES string of the molecule is CC(=NCc1ccccc1O[SiH](C)C)c1ccc(C)cn1. The van der Waals surface area contributed by atoms with Gasteiger partial charge in [0.05, 0.1) is 18.0 Å². The van der Waals surface area contributed by atoms with Crippen LogP contribution in [0, 0.1) is 6.92 Å². The number of hydrogen-bond acceptors (Lipinski definition) is 3. The Labute approximate surface area is 128 Å². The van der Waals surface area contributed by atoms with Gasteiger partial charge >= 0.3 is 0 Å². The first kappa shape index (κ1) is 15.4. The highest BCUT2D eigenvalue weighted by molar-refractivity contribution is 6.49. The van der Waals surface area contributed by atoms with Gasteiger partial charge in [-0.1, -0.05) is 24.3 Å². The lowest BCUT2D eigenvalue weighted by Gasteiger charge is -2.13. The van der Waals surface area contributed by atoms with Crippen molar-refractivity contribution in [2.45, 2.75) is 33.5 Å². The molecule has 0 amide bonds. The van der Waals surface area contributed by atoms with Crippen LogP contribution >= 0.6 is 0 Å². The maximum Gasteiger partial charge on any atom is 0.229 e. The van der Waals surface area contributed by atoms with Crippen LogP contribution in [-0.2, 0) is 6.54 Å². The zero-order valence-electron chi connectivity index (χ0n) is 13.1. The standard InChI is InChI=1S/C17H22N2OSi/c1-13-9-10-16(19-11-13)14(2)18-12-15-7-5-6-8-17(15)20-21(3)4/h5-11,21H,12H2,1-4H3. The number of nitrogens with zero attached hydrogens (tertiary/aromatic N) is 2. The van der Waals surface area contributed by atoms with Crippen molar-refractivity contribution in [3.63, 3.8) is 0 Å². The molecule has 3 nitrogen and oxygen atoms in total. The highest BCUT2D eigenvalue weighted by Crippen LogP contribution is 2.20. The first-order chi connectivity index (χ1) is 10.1. The molecular weight excluding hydrogens is 276 g/mol. The molecule has 1 aromatic carbocycles. The molecule has 0 N–H and O–H groups in total. The van der Waals surface area contributed by atoms with E-state index in [1.807, 2.05) is 44.3 Å². The molecule has 0 unspecified atom stereocenters. The van der Waals surface area contributed by atoms with Gasteiger partial charge in [0, 0.05) is 11.8 Å². The molecule has 0 saturated heterocycles. The quantitative estimate of drug-likeness (QED) is 0.622. The van der Waals surface area contributed by atoms with E-state index in [0.717, 1.165) is 28.3 Å². The van der Waals surface area contributed by atoms with Crippen molar-refractivity contribution in [1.82, 2.24) is 4.98 Å². The summed E-state index contributed by atoms with van der Waals surface area (Å²) in [4.78, 5) is 9.06. The van der Waals surface area contributed by atoms with Crippen LogP contribution in [0.3, 0.4) is 0 Å². The van der Waals surface area contributed by atoms with Gasteiger partial charge in [-0.3, -0.25) is 9.98 Å². The Bertz CT molecular complexity index is 621. The Hall–Kier alpha value is -1.94. The predicted octanol–water partition coefficient (Wildman–Crippen LogP) is 3.76. The molecule has 21 heavy (non-hydrogen) atoms. The van der Waals surface area contributed by atoms with Gasteiger partial charge < -0.3 is 4.43 Å². The maximum absolute atomic E-state index is 5.95. The number of rotatable bonds is 5. The van der Waals surface area contributed by atoms with E-state index < -0.39 is 9.04 Å². The largest absolute Gasteiger partial charge is 0.547 e. The number of pyridine rings is 1. The summed E-state index contributed by atoms with van der Waals surface area (Å²) in [5, 5.41) is 0. The number of benzene rings is 1. The summed E-state index contributed by atoms with van der Waals surface area (Å²) >= 11 is 0. The molecule has 0 fully saturated rings. The summed E-state index contributed by atoms with van der Waals surface area (Å²) in [6, 6.07) is 12.2. The van der Waals surface area contributed by atoms with Crippen LogP contribution in [0.1, 0.15) is 23.7 Å². The minimum Gasteiger partial charge on any atom is -0.547 e. The second-order valence-corrected chi connectivity index (χ2v) is 7.73. The first-order valence-electron chi connectivity index (χ1n) is 7.25. The Morgan fingerprint density at radius 2 is 1.95 bits per heavy atom. The minimum atomic E-state index is -1.10. The molecule has 0 aliphatic rings. The van der Waals surface area contributed by atoms with E-state index >= 15 is 0 Å². The van der Waals surface area contributed by atoms with Gasteiger partial charge in [-0.25, -0.2) is 0 Å². The second kappa shape index (κ2) is 7.18. The topological polar surface area (TPSA) is 34.5 Å². The third kappa shape index (κ3) is 4.53. The summed E-state index contributed by atoms with van der Waals surface area (Å²) in [6.45, 7) is 8.99. The highest BCUT2D eigenvalue weighted by atomic mass is 28.3. The number of aliphatic imine (C=N–C) groups is 1. The lowest BCUT2D eigenvalue weighted by molar-refractivity contribution is 0.571. The summed E-state index contributed by atoms with van der Waals surface area (Å²) < 4.78 is 5.95. The van der Waals surface area contributed by atoms with Gasteiger partial charge in [0.2, 0.25) is 9.04 Å². The molecular formula is C17H22N2OSi. The molecule has 2 aromatic rings. The lowest BCUT2D eigenvalue weighted by atomic mass is 10.2. The van der Waals surface area contributed by atoms with Crippen molar-refractivity contribution in [3.8, 4) is 5.75 Å². The van der Waals surface area contributed by atoms with Crippen LogP contribution in [-0.4, -0.2) is 19.7 Å². The van der Waals surface area contributed by atoms with Crippen molar-refractivity contribution in [3.05, 3.63) is 59.4 Å². The lowest BCUT2D eigenvalue weighted by Crippen LogP contribution is -2.12. The van der Waals surface area contributed by atoms with Gasteiger partial charge in [-0.2, -0.15) is 0 Å². The van der Waals surface area contributed by atoms with Crippen molar-refractivity contribution < 1.29 is 4.43 Å². The van der Waals surface area contributed by atoms with E-state index in [1.54, 1.807) is 0 Å². The van der Waals surface area contributed by atoms with Crippen LogP contribution in [0.15, 0.2) is 47.6 Å². The summed E-state index contributed by atoms with van der Waals surface area (Å²) in [7, 11) is -1.10. The smallest absolute Gasteiger partial charge is 0.229 e. The number of aryl methyl sites for hydroxylation is 1. The fourth-order valence-electron chi connectivity index (χ4n) is 1.97. The van der Waals surface area contributed by atoms with Crippen molar-refractivity contribution >= 4 is 14.8 Å². The van der Waals surface area contributed by atoms with Crippen LogP contribution in [0.5, 0.6) is 5.75 Å². The summed E-state index contributed by atoms with van der Waals surface area (Å²) in [5.74, 6) is 0.965. The Morgan fingerprint density at radius 3 is 2.62 bits per heavy atom. The van der Waals surface area contributed by atoms with E-state index in [-0.39, 0.29) is 0 Å². The van der Waals surface area contributed by atoms with E-state index in [0.29, 0.717) is 6.54 Å². The average Bonchev–Trinajstić information content (AvgIpc) is 2.46. The maximum atomic E-state index is 5.95. The van der Waals surface area contributed by atoms with Gasteiger partial charge in [0.25, 0.3) is 0 Å². The van der Waals surface area contributed by atoms with Crippen LogP contribution < -0.4 is 4.43 Å². The number of para-hydroxylation sites is 1. The Balaban J connectivity index is 2.14. The van der Waals surface area contributed by atoms with Gasteiger partial charge in [0.15, 0.2) is 0 Å². The van der Waals surface area contributed by atoms with Gasteiger partial charge in [-0.15, -0.1) is 0 Å². The molecule has 0 saturated carbocycles. The second-order valence-electron chi connectivity index (χ2n) is 5.40. The highest BCUT2D eigenvalue weighted by Gasteiger charge is 2.05. The molecule has 0 aliphatic heterocycles. The molecule has 1 heterocycles. The molecule has 0 spiro atoms. The molecule has 0 aliphatic carbocycles. The molecule has 110 valence electrons. The van der Waals surface area contributed by atoms with Crippen molar-refractivity contribution in [2.75, 3.05) is 0 Å². The zero-order chi connectivity index (χ0) is 15.2. The van der Waals surface area contributed by atoms with Gasteiger partial charge in [0.1, 0.15) is 5.75 Å². The molecule has 0 atom stereocenters. The normalized spacial score (nSPS) is 11.8. The Kier molecular flexibility index (Phi) is 5.28. The predicted molar refractivity (Wildman–Crippen MR) is 90.8 cm³/mol. The first-order valence-corrected chi connectivity index (χ1v) is 10.0. The van der Waals surface area contributed by atoms with Crippen molar-refractivity contribution in [1.29, 1.82) is 0 Å². The van der Waals surface area contributed by atoms with E-state index in [1.165, 1.54) is 0 Å². The summed E-state index contributed by atoms with van der Waals surface area (Å²) in [6.07, 6.45) is 1.87. The fraction of sp³-hybridized carbons (Fsp3) is 0.294. The van der Waals surface area contributed by atoms with Crippen LogP contribution in [0.4, 0.5) is 0 Å². The van der Waals surface area contributed by atoms with Crippen LogP contribution in [0.25, 0.3) is 0 Å². The average molecular weight is 298 g/mol. The van der Waals surface area contributed by atoms with E-state index in [2.05, 4.69) is 35.2 Å². The molecule has 0 bridgehead atoms. The van der Waals surface area contributed by atoms with E-state index in [9.17, 15) is 0 Å². The minimum absolute atomic E-state index is 0.624. The van der Waals surface area contributed by atoms with E-state index in [4.69, 9.17) is 4.43 Å². The number of hydrogen-bond donors (Lipinski definition) is 0. The monoisotopic (exact) mass is 298 g/mol. The summed E-state index contributed by atoms with van der Waals surface area (Å²) in [5.41, 5.74) is 4.17. The molecule has 1 aromatic heterocycles. The van der Waals surface area contributed by atoms with Crippen LogP contribution in [0.2, 0.25) is 13.1 Å². The number of aromatic nitrogens is 1. The molecule has 2 rings (SSSR count). The third-order valence-corrected chi connectivity index (χ3v) is 3.83. The van der Waals surface area contributed by atoms with Gasteiger partial charge in [-0.05, 0) is 44.6 Å². The fourth-order valence-corrected chi connectivity index (χ4v) is 2.71.